The number of piperidine rings is 1. The highest BCUT2D eigenvalue weighted by Crippen LogP contribution is 2.24. The fourth-order valence-corrected chi connectivity index (χ4v) is 2.40. The first-order chi connectivity index (χ1) is 7.70. The number of aliphatic hydroxyl groups is 1. The lowest BCUT2D eigenvalue weighted by Crippen LogP contribution is -2.38. The van der Waals surface area contributed by atoms with E-state index < -0.39 is 0 Å². The molecule has 88 valence electrons. The molecule has 1 unspecified atom stereocenters. The van der Waals surface area contributed by atoms with Crippen LogP contribution in [0, 0.1) is 6.92 Å². The van der Waals surface area contributed by atoms with E-state index in [4.69, 9.17) is 0 Å². The molecule has 1 aliphatic heterocycles. The van der Waals surface area contributed by atoms with Crippen LogP contribution in [0.4, 0.5) is 5.82 Å². The number of rotatable bonds is 2. The van der Waals surface area contributed by atoms with Crippen LogP contribution in [0.15, 0.2) is 12.1 Å². The number of aliphatic hydroxyl groups excluding tert-OH is 1. The van der Waals surface area contributed by atoms with Gasteiger partial charge in [-0.2, -0.15) is 0 Å². The average molecular weight is 220 g/mol. The van der Waals surface area contributed by atoms with Gasteiger partial charge in [0.05, 0.1) is 6.61 Å². The van der Waals surface area contributed by atoms with E-state index >= 15 is 0 Å². The van der Waals surface area contributed by atoms with Gasteiger partial charge in [0.2, 0.25) is 0 Å². The van der Waals surface area contributed by atoms with E-state index in [1.807, 2.05) is 19.1 Å². The molecule has 0 saturated carbocycles. The average Bonchev–Trinajstić information content (AvgIpc) is 2.28. The fraction of sp³-hybridized carbons (Fsp3) is 0.615. The molecule has 0 aliphatic carbocycles. The molecule has 3 heteroatoms. The predicted molar refractivity (Wildman–Crippen MR) is 65.6 cm³/mol. The lowest BCUT2D eigenvalue weighted by molar-refractivity contribution is 0.281. The molecule has 3 nitrogen and oxygen atoms in total. The van der Waals surface area contributed by atoms with Gasteiger partial charge in [0, 0.05) is 18.3 Å². The van der Waals surface area contributed by atoms with E-state index in [2.05, 4.69) is 16.8 Å². The zero-order chi connectivity index (χ0) is 11.5. The second-order valence-electron chi connectivity index (χ2n) is 4.67. The summed E-state index contributed by atoms with van der Waals surface area (Å²) in [6.45, 7) is 5.42. The summed E-state index contributed by atoms with van der Waals surface area (Å²) in [5.41, 5.74) is 1.94. The number of anilines is 1. The molecule has 0 radical (unpaired) electrons. The number of nitrogens with zero attached hydrogens (tertiary/aromatic N) is 2. The molecule has 1 aromatic heterocycles. The summed E-state index contributed by atoms with van der Waals surface area (Å²) < 4.78 is 0. The summed E-state index contributed by atoms with van der Waals surface area (Å²) in [7, 11) is 0. The minimum absolute atomic E-state index is 0.0958. The molecule has 1 fully saturated rings. The zero-order valence-corrected chi connectivity index (χ0v) is 10.1. The van der Waals surface area contributed by atoms with E-state index in [1.165, 1.54) is 19.3 Å². The van der Waals surface area contributed by atoms with Crippen LogP contribution < -0.4 is 4.90 Å². The highest BCUT2D eigenvalue weighted by molar-refractivity contribution is 5.43. The largest absolute Gasteiger partial charge is 0.392 e. The van der Waals surface area contributed by atoms with Gasteiger partial charge in [0.15, 0.2) is 0 Å². The molecular formula is C13H20N2O. The smallest absolute Gasteiger partial charge is 0.129 e. The van der Waals surface area contributed by atoms with E-state index in [0.717, 1.165) is 23.6 Å². The summed E-state index contributed by atoms with van der Waals surface area (Å²) in [5.74, 6) is 1.02. The monoisotopic (exact) mass is 220 g/mol. The first-order valence-electron chi connectivity index (χ1n) is 6.06. The van der Waals surface area contributed by atoms with Crippen LogP contribution in [-0.2, 0) is 6.61 Å². The molecule has 0 aromatic carbocycles. The Balaban J connectivity index is 2.27. The van der Waals surface area contributed by atoms with Crippen molar-refractivity contribution in [2.75, 3.05) is 11.4 Å². The van der Waals surface area contributed by atoms with Crippen LogP contribution in [0.3, 0.4) is 0 Å². The Bertz CT molecular complexity index is 365. The third-order valence-corrected chi connectivity index (χ3v) is 3.28. The Kier molecular flexibility index (Phi) is 3.44. The van der Waals surface area contributed by atoms with Crippen LogP contribution in [0.25, 0.3) is 0 Å². The molecule has 0 bridgehead atoms. The second kappa shape index (κ2) is 4.83. The van der Waals surface area contributed by atoms with Gasteiger partial charge in [-0.1, -0.05) is 0 Å². The quantitative estimate of drug-likeness (QED) is 0.830. The minimum atomic E-state index is 0.0958. The molecule has 1 N–H and O–H groups in total. The predicted octanol–water partition coefficient (Wildman–Crippen LogP) is 2.26. The van der Waals surface area contributed by atoms with Crippen LogP contribution in [0.2, 0.25) is 0 Å². The fourth-order valence-electron chi connectivity index (χ4n) is 2.40. The van der Waals surface area contributed by atoms with Crippen LogP contribution in [-0.4, -0.2) is 22.7 Å². The molecule has 16 heavy (non-hydrogen) atoms. The minimum Gasteiger partial charge on any atom is -0.392 e. The van der Waals surface area contributed by atoms with E-state index in [1.54, 1.807) is 0 Å². The molecule has 1 atom stereocenters. The van der Waals surface area contributed by atoms with Gasteiger partial charge < -0.3 is 10.0 Å². The van der Waals surface area contributed by atoms with Gasteiger partial charge in [0.25, 0.3) is 0 Å². The molecule has 2 heterocycles. The molecular weight excluding hydrogens is 200 g/mol. The topological polar surface area (TPSA) is 36.4 Å². The molecule has 0 spiro atoms. The third-order valence-electron chi connectivity index (χ3n) is 3.28. The van der Waals surface area contributed by atoms with E-state index in [-0.39, 0.29) is 6.61 Å². The van der Waals surface area contributed by atoms with Gasteiger partial charge in [-0.25, -0.2) is 4.98 Å². The van der Waals surface area contributed by atoms with Crippen molar-refractivity contribution in [1.29, 1.82) is 0 Å². The van der Waals surface area contributed by atoms with Crippen molar-refractivity contribution in [3.8, 4) is 0 Å². The Hall–Kier alpha value is -1.09. The van der Waals surface area contributed by atoms with E-state index in [9.17, 15) is 5.11 Å². The Morgan fingerprint density at radius 2 is 2.25 bits per heavy atom. The second-order valence-corrected chi connectivity index (χ2v) is 4.67. The highest BCUT2D eigenvalue weighted by atomic mass is 16.3. The summed E-state index contributed by atoms with van der Waals surface area (Å²) in [4.78, 5) is 6.93. The number of hydrogen-bond acceptors (Lipinski definition) is 3. The molecule has 2 rings (SSSR count). The summed E-state index contributed by atoms with van der Waals surface area (Å²) in [5, 5.41) is 9.20. The van der Waals surface area contributed by atoms with Gasteiger partial charge in [-0.15, -0.1) is 0 Å². The van der Waals surface area contributed by atoms with Crippen LogP contribution in [0.5, 0.6) is 0 Å². The summed E-state index contributed by atoms with van der Waals surface area (Å²) >= 11 is 0. The highest BCUT2D eigenvalue weighted by Gasteiger charge is 2.19. The Morgan fingerprint density at radius 3 is 2.94 bits per heavy atom. The van der Waals surface area contributed by atoms with Crippen molar-refractivity contribution in [3.63, 3.8) is 0 Å². The lowest BCUT2D eigenvalue weighted by Gasteiger charge is -2.34. The number of aromatic nitrogens is 1. The van der Waals surface area contributed by atoms with Crippen molar-refractivity contribution in [1.82, 2.24) is 4.98 Å². The normalized spacial score (nSPS) is 21.2. The van der Waals surface area contributed by atoms with Crippen LogP contribution >= 0.6 is 0 Å². The molecule has 1 saturated heterocycles. The first-order valence-corrected chi connectivity index (χ1v) is 6.06. The Labute approximate surface area is 97.1 Å². The zero-order valence-electron chi connectivity index (χ0n) is 10.1. The molecule has 1 aromatic rings. The Morgan fingerprint density at radius 1 is 1.44 bits per heavy atom. The van der Waals surface area contributed by atoms with Crippen molar-refractivity contribution in [2.24, 2.45) is 0 Å². The van der Waals surface area contributed by atoms with Crippen molar-refractivity contribution < 1.29 is 5.11 Å². The first kappa shape index (κ1) is 11.4. The SMILES string of the molecule is Cc1cc(CO)cc(N2CCCCC2C)n1. The third kappa shape index (κ3) is 2.35. The maximum Gasteiger partial charge on any atom is 0.129 e. The van der Waals surface area contributed by atoms with Gasteiger partial charge in [0.1, 0.15) is 5.82 Å². The maximum absolute atomic E-state index is 9.20. The summed E-state index contributed by atoms with van der Waals surface area (Å²) in [6.07, 6.45) is 3.80. The molecule has 0 amide bonds. The van der Waals surface area contributed by atoms with Crippen molar-refractivity contribution >= 4 is 5.82 Å². The van der Waals surface area contributed by atoms with Gasteiger partial charge >= 0.3 is 0 Å². The van der Waals surface area contributed by atoms with Crippen molar-refractivity contribution in [2.45, 2.75) is 45.8 Å². The number of hydrogen-bond donors (Lipinski definition) is 1. The summed E-state index contributed by atoms with van der Waals surface area (Å²) in [6, 6.07) is 4.52. The number of pyridine rings is 1. The van der Waals surface area contributed by atoms with Gasteiger partial charge in [-0.05, 0) is 50.8 Å². The van der Waals surface area contributed by atoms with Crippen molar-refractivity contribution in [3.05, 3.63) is 23.4 Å². The molecule has 1 aliphatic rings. The standard InChI is InChI=1S/C13H20N2O/c1-10-7-12(9-16)8-13(14-10)15-6-4-3-5-11(15)2/h7-8,11,16H,3-6,9H2,1-2H3. The van der Waals surface area contributed by atoms with E-state index in [0.29, 0.717) is 6.04 Å². The lowest BCUT2D eigenvalue weighted by atomic mass is 10.0. The number of aryl methyl sites for hydroxylation is 1. The van der Waals surface area contributed by atoms with Crippen LogP contribution in [0.1, 0.15) is 37.4 Å². The maximum atomic E-state index is 9.20. The van der Waals surface area contributed by atoms with Gasteiger partial charge in [-0.3, -0.25) is 0 Å².